The fourth-order valence-corrected chi connectivity index (χ4v) is 3.69. The third kappa shape index (κ3) is 6.34. The van der Waals surface area contributed by atoms with Crippen LogP contribution in [-0.2, 0) is 13.6 Å². The maximum Gasteiger partial charge on any atom is 0.408 e. The summed E-state index contributed by atoms with van der Waals surface area (Å²) < 4.78 is 25.1. The number of hydrogen-bond acceptors (Lipinski definition) is 3. The van der Waals surface area contributed by atoms with Crippen molar-refractivity contribution >= 4 is 71.5 Å². The molecule has 0 bridgehead atoms. The highest BCUT2D eigenvalue weighted by molar-refractivity contribution is 9.12. The minimum atomic E-state index is -3.08. The Morgan fingerprint density at radius 3 is 1.76 bits per heavy atom. The lowest BCUT2D eigenvalue weighted by atomic mass is 10.5. The molecule has 17 heavy (non-hydrogen) atoms. The molecular weight excluding hydrogens is 509 g/mol. The molecule has 1 saturated heterocycles. The summed E-state index contributed by atoms with van der Waals surface area (Å²) in [6.45, 7) is 2.28. The maximum atomic E-state index is 12.4. The van der Waals surface area contributed by atoms with Gasteiger partial charge in [-0.05, 0) is 0 Å². The number of hydrogen-bond donors (Lipinski definition) is 0. The molecule has 0 radical (unpaired) electrons. The van der Waals surface area contributed by atoms with Gasteiger partial charge in [-0.15, -0.1) is 0 Å². The van der Waals surface area contributed by atoms with Crippen LogP contribution < -0.4 is 0 Å². The molecule has 1 aliphatic heterocycles. The topological polar surface area (TPSA) is 38.5 Å². The van der Waals surface area contributed by atoms with Gasteiger partial charge in [-0.1, -0.05) is 63.7 Å². The summed E-state index contributed by atoms with van der Waals surface area (Å²) in [5.74, 6) is 0. The van der Waals surface area contributed by atoms with Crippen molar-refractivity contribution < 1.29 is 13.6 Å². The highest BCUT2D eigenvalue weighted by Gasteiger charge is 2.41. The minimum absolute atomic E-state index is 0.135. The third-order valence-electron chi connectivity index (χ3n) is 1.94. The van der Waals surface area contributed by atoms with Gasteiger partial charge < -0.3 is 0 Å². The van der Waals surface area contributed by atoms with Crippen molar-refractivity contribution in [2.24, 2.45) is 0 Å². The van der Waals surface area contributed by atoms with Gasteiger partial charge in [0.15, 0.2) is 0 Å². The Balaban J connectivity index is 2.42. The third-order valence-corrected chi connectivity index (χ3v) is 8.46. The van der Waals surface area contributed by atoms with E-state index in [1.54, 1.807) is 4.67 Å². The van der Waals surface area contributed by atoms with Crippen molar-refractivity contribution in [3.05, 3.63) is 0 Å². The van der Waals surface area contributed by atoms with Crippen LogP contribution in [0.15, 0.2) is 0 Å². The molecule has 0 aromatic carbocycles. The molecule has 1 aliphatic rings. The van der Waals surface area contributed by atoms with Crippen molar-refractivity contribution in [3.63, 3.8) is 0 Å². The summed E-state index contributed by atoms with van der Waals surface area (Å²) in [4.78, 5) is 0.269. The van der Waals surface area contributed by atoms with E-state index in [2.05, 4.69) is 63.7 Å². The highest BCUT2D eigenvalue weighted by atomic mass is 79.9. The first-order chi connectivity index (χ1) is 8.01. The number of halogens is 4. The molecule has 0 aliphatic carbocycles. The fourth-order valence-electron chi connectivity index (χ4n) is 0.929. The molecule has 2 atom stereocenters. The standard InChI is InChI=1S/C8H14Br4NO3P/c9-3-7(11)5-15-17(14,13-1-2-13)16-6-8(12)4-10/h7-8H,1-6H2. The van der Waals surface area contributed by atoms with Gasteiger partial charge in [-0.2, -0.15) is 0 Å². The first-order valence-electron chi connectivity index (χ1n) is 5.06. The van der Waals surface area contributed by atoms with E-state index in [0.717, 1.165) is 23.7 Å². The average Bonchev–Trinajstić information content (AvgIpc) is 3.17. The average molecular weight is 523 g/mol. The summed E-state index contributed by atoms with van der Waals surface area (Å²) in [5.41, 5.74) is 0. The van der Waals surface area contributed by atoms with Crippen LogP contribution in [0, 0.1) is 0 Å². The Kier molecular flexibility index (Phi) is 8.39. The zero-order chi connectivity index (χ0) is 12.9. The van der Waals surface area contributed by atoms with E-state index >= 15 is 0 Å². The molecule has 0 saturated carbocycles. The van der Waals surface area contributed by atoms with Crippen molar-refractivity contribution in [3.8, 4) is 0 Å². The Hall–Kier alpha value is 2.03. The van der Waals surface area contributed by atoms with E-state index < -0.39 is 7.75 Å². The van der Waals surface area contributed by atoms with Crippen LogP contribution in [0.5, 0.6) is 0 Å². The van der Waals surface area contributed by atoms with Gasteiger partial charge >= 0.3 is 7.75 Å². The molecule has 102 valence electrons. The molecule has 0 N–H and O–H groups in total. The normalized spacial score (nSPS) is 23.1. The van der Waals surface area contributed by atoms with Crippen LogP contribution in [0.2, 0.25) is 0 Å². The molecule has 2 unspecified atom stereocenters. The second-order valence-electron chi connectivity index (χ2n) is 3.52. The highest BCUT2D eigenvalue weighted by Crippen LogP contribution is 2.56. The van der Waals surface area contributed by atoms with Gasteiger partial charge in [0.1, 0.15) is 0 Å². The van der Waals surface area contributed by atoms with Gasteiger partial charge in [0, 0.05) is 33.4 Å². The van der Waals surface area contributed by atoms with E-state index in [4.69, 9.17) is 9.05 Å². The van der Waals surface area contributed by atoms with Gasteiger partial charge in [-0.25, -0.2) is 9.24 Å². The largest absolute Gasteiger partial charge is 0.408 e. The first kappa shape index (κ1) is 17.1. The molecule has 4 nitrogen and oxygen atoms in total. The summed E-state index contributed by atoms with van der Waals surface area (Å²) >= 11 is 13.5. The molecule has 0 aromatic rings. The predicted octanol–water partition coefficient (Wildman–Crippen LogP) is 3.76. The first-order valence-corrected chi connectivity index (χ1v) is 10.6. The van der Waals surface area contributed by atoms with Crippen LogP contribution >= 0.6 is 71.5 Å². The van der Waals surface area contributed by atoms with Crippen LogP contribution in [0.1, 0.15) is 0 Å². The van der Waals surface area contributed by atoms with E-state index in [9.17, 15) is 4.57 Å². The number of rotatable bonds is 9. The second kappa shape index (κ2) is 8.35. The molecule has 1 rings (SSSR count). The predicted molar refractivity (Wildman–Crippen MR) is 84.1 cm³/mol. The monoisotopic (exact) mass is 519 g/mol. The summed E-state index contributed by atoms with van der Waals surface area (Å²) in [6, 6.07) is 0. The molecule has 0 aromatic heterocycles. The zero-order valence-electron chi connectivity index (χ0n) is 9.03. The molecular formula is C8H14Br4NO3P. The molecule has 0 spiro atoms. The SMILES string of the molecule is O=P(OCC(Br)CBr)(OCC(Br)CBr)N1CC1. The van der Waals surface area contributed by atoms with E-state index in [0.29, 0.717) is 13.2 Å². The Morgan fingerprint density at radius 1 is 1.06 bits per heavy atom. The van der Waals surface area contributed by atoms with Crippen molar-refractivity contribution in [1.82, 2.24) is 4.67 Å². The summed E-state index contributed by atoms with van der Waals surface area (Å²) in [7, 11) is -3.08. The number of alkyl halides is 4. The lowest BCUT2D eigenvalue weighted by Gasteiger charge is -2.21. The van der Waals surface area contributed by atoms with Gasteiger partial charge in [0.05, 0.1) is 13.2 Å². The Labute approximate surface area is 135 Å². The number of nitrogens with zero attached hydrogens (tertiary/aromatic N) is 1. The van der Waals surface area contributed by atoms with E-state index in [1.807, 2.05) is 0 Å². The van der Waals surface area contributed by atoms with Crippen molar-refractivity contribution in [2.75, 3.05) is 37.0 Å². The molecule has 1 heterocycles. The molecule has 0 amide bonds. The lowest BCUT2D eigenvalue weighted by molar-refractivity contribution is 0.188. The van der Waals surface area contributed by atoms with Crippen LogP contribution in [-0.4, -0.2) is 51.3 Å². The second-order valence-corrected chi connectivity index (χ2v) is 9.42. The Morgan fingerprint density at radius 2 is 1.47 bits per heavy atom. The van der Waals surface area contributed by atoms with E-state index in [-0.39, 0.29) is 9.65 Å². The summed E-state index contributed by atoms with van der Waals surface area (Å²) in [6.07, 6.45) is 0. The summed E-state index contributed by atoms with van der Waals surface area (Å²) in [5, 5.41) is 1.49. The van der Waals surface area contributed by atoms with Crippen molar-refractivity contribution in [2.45, 2.75) is 9.65 Å². The van der Waals surface area contributed by atoms with E-state index in [1.165, 1.54) is 0 Å². The van der Waals surface area contributed by atoms with Gasteiger partial charge in [0.25, 0.3) is 0 Å². The minimum Gasteiger partial charge on any atom is -0.295 e. The molecule has 1 fully saturated rings. The Bertz CT molecular complexity index is 261. The van der Waals surface area contributed by atoms with Gasteiger partial charge in [-0.3, -0.25) is 9.05 Å². The quantitative estimate of drug-likeness (QED) is 0.263. The van der Waals surface area contributed by atoms with Crippen LogP contribution in [0.25, 0.3) is 0 Å². The van der Waals surface area contributed by atoms with Crippen LogP contribution in [0.3, 0.4) is 0 Å². The fraction of sp³-hybridized carbons (Fsp3) is 1.00. The molecule has 9 heteroatoms. The maximum absolute atomic E-state index is 12.4. The van der Waals surface area contributed by atoms with Crippen molar-refractivity contribution in [1.29, 1.82) is 0 Å². The van der Waals surface area contributed by atoms with Gasteiger partial charge in [0.2, 0.25) is 0 Å². The lowest BCUT2D eigenvalue weighted by Crippen LogP contribution is -2.16. The smallest absolute Gasteiger partial charge is 0.295 e. The van der Waals surface area contributed by atoms with Crippen LogP contribution in [0.4, 0.5) is 0 Å². The zero-order valence-corrected chi connectivity index (χ0v) is 16.3.